The lowest BCUT2D eigenvalue weighted by Crippen LogP contribution is -2.44. The predicted octanol–water partition coefficient (Wildman–Crippen LogP) is 1.42. The topological polar surface area (TPSA) is 75.6 Å². The van der Waals surface area contributed by atoms with Crippen molar-refractivity contribution in [1.29, 1.82) is 0 Å². The lowest BCUT2D eigenvalue weighted by atomic mass is 9.74. The average Bonchev–Trinajstić information content (AvgIpc) is 2.87. The quantitative estimate of drug-likeness (QED) is 0.889. The number of carboxylic acids is 1. The number of carboxylic acid groups (broad SMARTS) is 1. The Morgan fingerprint density at radius 3 is 2.86 bits per heavy atom. The van der Waals surface area contributed by atoms with E-state index in [1.165, 1.54) is 0 Å². The van der Waals surface area contributed by atoms with E-state index < -0.39 is 23.3 Å². The van der Waals surface area contributed by atoms with Gasteiger partial charge in [-0.1, -0.05) is 0 Å². The number of fused-ring (bicyclic) bond motifs is 1. The number of carbonyl (C=O) groups is 1. The van der Waals surface area contributed by atoms with Gasteiger partial charge in [0.1, 0.15) is 17.8 Å². The van der Waals surface area contributed by atoms with Crippen molar-refractivity contribution in [2.45, 2.75) is 12.6 Å². The van der Waals surface area contributed by atoms with Gasteiger partial charge in [-0.25, -0.2) is 9.97 Å². The molecule has 2 fully saturated rings. The third-order valence-electron chi connectivity index (χ3n) is 4.40. The summed E-state index contributed by atoms with van der Waals surface area (Å²) in [6.45, 7) is 1.07. The van der Waals surface area contributed by atoms with Crippen molar-refractivity contribution in [1.82, 2.24) is 9.97 Å². The molecule has 0 aromatic carbocycles. The minimum absolute atomic E-state index is 0.0948. The van der Waals surface area contributed by atoms with Gasteiger partial charge in [-0.15, -0.1) is 0 Å². The van der Waals surface area contributed by atoms with Crippen molar-refractivity contribution in [2.75, 3.05) is 31.2 Å². The van der Waals surface area contributed by atoms with Crippen molar-refractivity contribution in [2.24, 2.45) is 11.3 Å². The van der Waals surface area contributed by atoms with Gasteiger partial charge in [0.05, 0.1) is 12.0 Å². The van der Waals surface area contributed by atoms with Crippen LogP contribution >= 0.6 is 0 Å². The van der Waals surface area contributed by atoms with E-state index in [0.29, 0.717) is 26.2 Å². The van der Waals surface area contributed by atoms with E-state index >= 15 is 0 Å². The van der Waals surface area contributed by atoms with E-state index in [-0.39, 0.29) is 18.3 Å². The molecule has 2 aliphatic rings. The van der Waals surface area contributed by atoms with Crippen LogP contribution in [0.2, 0.25) is 0 Å². The smallest absolute Gasteiger partial charge is 0.433 e. The first-order valence-corrected chi connectivity index (χ1v) is 6.78. The number of aliphatic carboxylic acids is 1. The summed E-state index contributed by atoms with van der Waals surface area (Å²) in [4.78, 5) is 20.3. The highest BCUT2D eigenvalue weighted by atomic mass is 19.4. The second kappa shape index (κ2) is 5.08. The van der Waals surface area contributed by atoms with Crippen LogP contribution in [0, 0.1) is 11.3 Å². The van der Waals surface area contributed by atoms with Crippen molar-refractivity contribution in [3.63, 3.8) is 0 Å². The lowest BCUT2D eigenvalue weighted by Gasteiger charge is -2.33. The molecule has 22 heavy (non-hydrogen) atoms. The monoisotopic (exact) mass is 317 g/mol. The molecule has 1 N–H and O–H groups in total. The van der Waals surface area contributed by atoms with Gasteiger partial charge in [0.15, 0.2) is 0 Å². The fourth-order valence-corrected chi connectivity index (χ4v) is 3.15. The maximum atomic E-state index is 12.7. The van der Waals surface area contributed by atoms with Crippen LogP contribution in [0.15, 0.2) is 12.4 Å². The van der Waals surface area contributed by atoms with E-state index in [4.69, 9.17) is 4.74 Å². The predicted molar refractivity (Wildman–Crippen MR) is 68.2 cm³/mol. The Morgan fingerprint density at radius 2 is 2.23 bits per heavy atom. The molecular formula is C13H14F3N3O3. The van der Waals surface area contributed by atoms with E-state index in [1.807, 2.05) is 0 Å². The molecule has 0 radical (unpaired) electrons. The molecule has 9 heteroatoms. The average molecular weight is 317 g/mol. The van der Waals surface area contributed by atoms with Crippen LogP contribution in [-0.2, 0) is 15.7 Å². The fourth-order valence-electron chi connectivity index (χ4n) is 3.15. The van der Waals surface area contributed by atoms with Gasteiger partial charge in [0.25, 0.3) is 0 Å². The molecule has 3 rings (SSSR count). The number of hydrogen-bond donors (Lipinski definition) is 1. The summed E-state index contributed by atoms with van der Waals surface area (Å²) in [5.41, 5.74) is -2.02. The van der Waals surface area contributed by atoms with Crippen molar-refractivity contribution >= 4 is 11.8 Å². The van der Waals surface area contributed by atoms with Gasteiger partial charge in [-0.2, -0.15) is 13.2 Å². The Bertz CT molecular complexity index is 595. The minimum atomic E-state index is -4.56. The Labute approximate surface area is 123 Å². The Kier molecular flexibility index (Phi) is 3.47. The second-order valence-electron chi connectivity index (χ2n) is 5.62. The van der Waals surface area contributed by atoms with E-state index in [9.17, 15) is 23.1 Å². The van der Waals surface area contributed by atoms with Gasteiger partial charge in [-0.3, -0.25) is 4.79 Å². The Hall–Kier alpha value is -1.90. The largest absolute Gasteiger partial charge is 0.481 e. The molecular weight excluding hydrogens is 303 g/mol. The van der Waals surface area contributed by atoms with Crippen LogP contribution in [-0.4, -0.2) is 47.3 Å². The molecule has 0 unspecified atom stereocenters. The fraction of sp³-hybridized carbons (Fsp3) is 0.615. The first-order chi connectivity index (χ1) is 10.3. The molecule has 3 heterocycles. The number of halogens is 3. The summed E-state index contributed by atoms with van der Waals surface area (Å²) in [5.74, 6) is -1.10. The highest BCUT2D eigenvalue weighted by Gasteiger charge is 2.54. The molecule has 6 nitrogen and oxygen atoms in total. The normalized spacial score (nSPS) is 28.5. The Balaban J connectivity index is 1.90. The van der Waals surface area contributed by atoms with Gasteiger partial charge in [-0.05, 0) is 6.42 Å². The molecule has 0 aliphatic carbocycles. The highest BCUT2D eigenvalue weighted by molar-refractivity contribution is 5.77. The van der Waals surface area contributed by atoms with Gasteiger partial charge >= 0.3 is 12.1 Å². The third kappa shape index (κ3) is 2.39. The first kappa shape index (κ1) is 15.0. The van der Waals surface area contributed by atoms with Crippen molar-refractivity contribution in [3.8, 4) is 0 Å². The number of alkyl halides is 3. The zero-order valence-corrected chi connectivity index (χ0v) is 11.5. The molecule has 1 aromatic heterocycles. The van der Waals surface area contributed by atoms with E-state index in [2.05, 4.69) is 9.97 Å². The molecule has 0 bridgehead atoms. The van der Waals surface area contributed by atoms with Gasteiger partial charge < -0.3 is 14.7 Å². The van der Waals surface area contributed by atoms with Crippen LogP contribution in [0.25, 0.3) is 0 Å². The van der Waals surface area contributed by atoms with E-state index in [1.54, 1.807) is 4.90 Å². The number of ether oxygens (including phenoxy) is 1. The highest BCUT2D eigenvalue weighted by Crippen LogP contribution is 2.43. The van der Waals surface area contributed by atoms with Gasteiger partial charge in [0.2, 0.25) is 0 Å². The molecule has 0 spiro atoms. The maximum Gasteiger partial charge on any atom is 0.433 e. The zero-order chi connectivity index (χ0) is 16.0. The molecule has 2 atom stereocenters. The SMILES string of the molecule is O=C(O)[C@]12CCOC[C@H]1CN(c1cc(C(F)(F)F)ncn1)C2. The first-order valence-electron chi connectivity index (χ1n) is 6.78. The molecule has 1 aromatic rings. The molecule has 2 saturated heterocycles. The lowest BCUT2D eigenvalue weighted by molar-refractivity contribution is -0.157. The minimum Gasteiger partial charge on any atom is -0.481 e. The zero-order valence-electron chi connectivity index (χ0n) is 11.5. The van der Waals surface area contributed by atoms with Crippen molar-refractivity contribution in [3.05, 3.63) is 18.1 Å². The third-order valence-corrected chi connectivity index (χ3v) is 4.40. The van der Waals surface area contributed by atoms with E-state index in [0.717, 1.165) is 12.4 Å². The summed E-state index contributed by atoms with van der Waals surface area (Å²) in [7, 11) is 0. The number of nitrogens with zero attached hydrogens (tertiary/aromatic N) is 3. The maximum absolute atomic E-state index is 12.7. The number of anilines is 1. The van der Waals surface area contributed by atoms with Crippen LogP contribution in [0.1, 0.15) is 12.1 Å². The standard InChI is InChI=1S/C13H14F3N3O3/c14-13(15,16)9-3-10(18-7-17-9)19-4-8-5-22-2-1-12(8,6-19)11(20)21/h3,7-8H,1-2,4-6H2,(H,20,21)/t8-,12+/m1/s1. The van der Waals surface area contributed by atoms with Gasteiger partial charge in [0, 0.05) is 31.7 Å². The van der Waals surface area contributed by atoms with Crippen molar-refractivity contribution < 1.29 is 27.8 Å². The second-order valence-corrected chi connectivity index (χ2v) is 5.62. The van der Waals surface area contributed by atoms with Crippen LogP contribution in [0.4, 0.5) is 19.0 Å². The number of rotatable bonds is 2. The van der Waals surface area contributed by atoms with Crippen LogP contribution in [0.5, 0.6) is 0 Å². The molecule has 2 aliphatic heterocycles. The summed E-state index contributed by atoms with van der Waals surface area (Å²) in [5, 5.41) is 9.55. The van der Waals surface area contributed by atoms with Crippen LogP contribution < -0.4 is 4.90 Å². The Morgan fingerprint density at radius 1 is 1.45 bits per heavy atom. The molecule has 0 amide bonds. The summed E-state index contributed by atoms with van der Waals surface area (Å²) in [6.07, 6.45) is -3.36. The summed E-state index contributed by atoms with van der Waals surface area (Å²) < 4.78 is 43.5. The number of aromatic nitrogens is 2. The summed E-state index contributed by atoms with van der Waals surface area (Å²) in [6, 6.07) is 0.855. The number of hydrogen-bond acceptors (Lipinski definition) is 5. The molecule has 120 valence electrons. The molecule has 0 saturated carbocycles. The van der Waals surface area contributed by atoms with Crippen LogP contribution in [0.3, 0.4) is 0 Å². The summed E-state index contributed by atoms with van der Waals surface area (Å²) >= 11 is 0.